The summed E-state index contributed by atoms with van der Waals surface area (Å²) in [6.45, 7) is 0. The van der Waals surface area contributed by atoms with Crippen molar-refractivity contribution in [3.05, 3.63) is 216 Å². The third-order valence-corrected chi connectivity index (χ3v) is 11.6. The molecular weight excluding hydrogens is 665 g/mol. The number of fused-ring (bicyclic) bond motifs is 8. The standard InChI is InChI=1S/C53H38N2/c1-2-12-35(13-3-1)40-18-10-20-42(30-40)48-33-44(34-49(54-48)43-25-24-36-14-4-5-17-39(36)31-43)41-19-11-21-45(32-41)55-50-28-26-37-15-6-8-22-46(37)52(50)53-47-23-9-7-16-38(47)27-29-51(53)55/h1-8,10-22,24-34,49,54H,9,23H2. The van der Waals surface area contributed by atoms with Crippen LogP contribution in [0.5, 0.6) is 0 Å². The fourth-order valence-corrected chi connectivity index (χ4v) is 8.98. The molecule has 0 amide bonds. The molecule has 0 saturated heterocycles. The molecule has 1 aliphatic carbocycles. The summed E-state index contributed by atoms with van der Waals surface area (Å²) in [5, 5.41) is 11.8. The average Bonchev–Trinajstić information content (AvgIpc) is 3.62. The van der Waals surface area contributed by atoms with E-state index < -0.39 is 0 Å². The summed E-state index contributed by atoms with van der Waals surface area (Å²) in [6.07, 6.45) is 11.5. The second kappa shape index (κ2) is 12.9. The van der Waals surface area contributed by atoms with E-state index in [4.69, 9.17) is 0 Å². The second-order valence-corrected chi connectivity index (χ2v) is 14.9. The maximum absolute atomic E-state index is 3.94. The van der Waals surface area contributed by atoms with Gasteiger partial charge in [0.05, 0.1) is 17.1 Å². The van der Waals surface area contributed by atoms with Crippen molar-refractivity contribution in [2.24, 2.45) is 0 Å². The zero-order chi connectivity index (χ0) is 36.3. The van der Waals surface area contributed by atoms with Crippen LogP contribution in [-0.2, 0) is 6.42 Å². The normalized spacial score (nSPS) is 15.2. The lowest BCUT2D eigenvalue weighted by molar-refractivity contribution is 0.768. The molecule has 2 aliphatic rings. The molecule has 11 rings (SSSR count). The lowest BCUT2D eigenvalue weighted by atomic mass is 9.91. The predicted molar refractivity (Wildman–Crippen MR) is 233 cm³/mol. The van der Waals surface area contributed by atoms with Crippen LogP contribution in [0, 0.1) is 0 Å². The Morgan fingerprint density at radius 3 is 2.18 bits per heavy atom. The van der Waals surface area contributed by atoms with Gasteiger partial charge in [0, 0.05) is 22.2 Å². The van der Waals surface area contributed by atoms with Gasteiger partial charge in [-0.25, -0.2) is 0 Å². The van der Waals surface area contributed by atoms with E-state index in [1.54, 1.807) is 0 Å². The summed E-state index contributed by atoms with van der Waals surface area (Å²) >= 11 is 0. The first-order valence-corrected chi connectivity index (χ1v) is 19.3. The minimum Gasteiger partial charge on any atom is -0.374 e. The zero-order valence-corrected chi connectivity index (χ0v) is 30.4. The van der Waals surface area contributed by atoms with Crippen molar-refractivity contribution in [1.29, 1.82) is 0 Å². The number of aryl methyl sites for hydroxylation is 1. The van der Waals surface area contributed by atoms with E-state index in [9.17, 15) is 0 Å². The number of hydrogen-bond acceptors (Lipinski definition) is 1. The Morgan fingerprint density at radius 2 is 1.25 bits per heavy atom. The molecule has 0 saturated carbocycles. The molecule has 0 radical (unpaired) electrons. The molecule has 2 heteroatoms. The van der Waals surface area contributed by atoms with Gasteiger partial charge in [-0.05, 0) is 127 Å². The van der Waals surface area contributed by atoms with Gasteiger partial charge in [-0.3, -0.25) is 0 Å². The van der Waals surface area contributed by atoms with Gasteiger partial charge < -0.3 is 9.88 Å². The van der Waals surface area contributed by atoms with Gasteiger partial charge in [0.25, 0.3) is 0 Å². The van der Waals surface area contributed by atoms with Crippen LogP contribution < -0.4 is 5.32 Å². The van der Waals surface area contributed by atoms with Crippen LogP contribution in [0.25, 0.3) is 77.5 Å². The van der Waals surface area contributed by atoms with E-state index in [0.717, 1.165) is 18.5 Å². The Labute approximate surface area is 321 Å². The Bertz CT molecular complexity index is 3060. The Kier molecular flexibility index (Phi) is 7.41. The third kappa shape index (κ3) is 5.41. The Hall–Kier alpha value is -6.90. The molecule has 2 nitrogen and oxygen atoms in total. The van der Waals surface area contributed by atoms with Gasteiger partial charge in [-0.15, -0.1) is 0 Å². The van der Waals surface area contributed by atoms with Crippen LogP contribution in [-0.4, -0.2) is 4.57 Å². The van der Waals surface area contributed by atoms with Gasteiger partial charge in [-0.2, -0.15) is 0 Å². The van der Waals surface area contributed by atoms with Crippen molar-refractivity contribution < 1.29 is 0 Å². The summed E-state index contributed by atoms with van der Waals surface area (Å²) in [6, 6.07) is 62.3. The molecule has 1 atom stereocenters. The first kappa shape index (κ1) is 31.6. The fourth-order valence-electron chi connectivity index (χ4n) is 8.98. The van der Waals surface area contributed by atoms with Crippen LogP contribution in [0.1, 0.15) is 40.3 Å². The molecule has 1 aromatic heterocycles. The van der Waals surface area contributed by atoms with Crippen molar-refractivity contribution in [2.45, 2.75) is 18.9 Å². The fraction of sp³-hybridized carbons (Fsp3) is 0.0566. The highest BCUT2D eigenvalue weighted by atomic mass is 15.0. The molecule has 55 heavy (non-hydrogen) atoms. The van der Waals surface area contributed by atoms with Crippen LogP contribution in [0.15, 0.2) is 188 Å². The largest absolute Gasteiger partial charge is 0.374 e. The lowest BCUT2D eigenvalue weighted by Crippen LogP contribution is -2.21. The molecule has 2 heterocycles. The number of allylic oxidation sites excluding steroid dienone is 3. The van der Waals surface area contributed by atoms with Gasteiger partial charge in [0.2, 0.25) is 0 Å². The van der Waals surface area contributed by atoms with Crippen molar-refractivity contribution in [2.75, 3.05) is 0 Å². The maximum Gasteiger partial charge on any atom is 0.0707 e. The van der Waals surface area contributed by atoms with E-state index >= 15 is 0 Å². The Morgan fingerprint density at radius 1 is 0.527 bits per heavy atom. The number of dihydropyridines is 1. The predicted octanol–water partition coefficient (Wildman–Crippen LogP) is 13.5. The minimum atomic E-state index is -0.0113. The number of aromatic nitrogens is 1. The molecule has 0 spiro atoms. The third-order valence-electron chi connectivity index (χ3n) is 11.6. The van der Waals surface area contributed by atoms with Crippen molar-refractivity contribution in [1.82, 2.24) is 9.88 Å². The lowest BCUT2D eigenvalue weighted by Gasteiger charge is -2.26. The summed E-state index contributed by atoms with van der Waals surface area (Å²) in [5.74, 6) is 0. The Balaban J connectivity index is 1.09. The van der Waals surface area contributed by atoms with Gasteiger partial charge in [-0.1, -0.05) is 146 Å². The van der Waals surface area contributed by atoms with E-state index in [2.05, 4.69) is 204 Å². The highest BCUT2D eigenvalue weighted by Gasteiger charge is 2.22. The number of rotatable bonds is 5. The van der Waals surface area contributed by atoms with E-state index in [1.165, 1.54) is 93.6 Å². The minimum absolute atomic E-state index is 0.0113. The highest BCUT2D eigenvalue weighted by molar-refractivity contribution is 6.22. The number of hydrogen-bond donors (Lipinski definition) is 1. The van der Waals surface area contributed by atoms with E-state index in [1.807, 2.05) is 0 Å². The molecule has 260 valence electrons. The first-order valence-electron chi connectivity index (χ1n) is 19.3. The average molecular weight is 703 g/mol. The van der Waals surface area contributed by atoms with Gasteiger partial charge in [0.1, 0.15) is 0 Å². The van der Waals surface area contributed by atoms with E-state index in [0.29, 0.717) is 0 Å². The quantitative estimate of drug-likeness (QED) is 0.189. The molecule has 1 unspecified atom stereocenters. The van der Waals surface area contributed by atoms with E-state index in [-0.39, 0.29) is 6.04 Å². The number of nitrogens with zero attached hydrogens (tertiary/aromatic N) is 1. The van der Waals surface area contributed by atoms with Crippen molar-refractivity contribution in [3.8, 4) is 16.8 Å². The summed E-state index contributed by atoms with van der Waals surface area (Å²) in [5.41, 5.74) is 14.8. The van der Waals surface area contributed by atoms with Gasteiger partial charge >= 0.3 is 0 Å². The molecule has 9 aromatic rings. The summed E-state index contributed by atoms with van der Waals surface area (Å²) < 4.78 is 2.50. The van der Waals surface area contributed by atoms with Crippen molar-refractivity contribution >= 4 is 60.7 Å². The molecule has 8 aromatic carbocycles. The van der Waals surface area contributed by atoms with Gasteiger partial charge in [0.15, 0.2) is 0 Å². The number of nitrogens with one attached hydrogen (secondary N) is 1. The summed E-state index contributed by atoms with van der Waals surface area (Å²) in [7, 11) is 0. The van der Waals surface area contributed by atoms with Crippen LogP contribution in [0.2, 0.25) is 0 Å². The molecule has 1 N–H and O–H groups in total. The molecular formula is C53H38N2. The van der Waals surface area contributed by atoms with Crippen LogP contribution in [0.4, 0.5) is 0 Å². The maximum atomic E-state index is 3.94. The number of benzene rings is 8. The topological polar surface area (TPSA) is 17.0 Å². The van der Waals surface area contributed by atoms with Crippen LogP contribution in [0.3, 0.4) is 0 Å². The monoisotopic (exact) mass is 702 g/mol. The highest BCUT2D eigenvalue weighted by Crippen LogP contribution is 2.42. The van der Waals surface area contributed by atoms with Crippen molar-refractivity contribution in [3.63, 3.8) is 0 Å². The second-order valence-electron chi connectivity index (χ2n) is 14.9. The molecule has 0 bridgehead atoms. The summed E-state index contributed by atoms with van der Waals surface area (Å²) in [4.78, 5) is 0. The zero-order valence-electron chi connectivity index (χ0n) is 30.4. The first-order chi connectivity index (χ1) is 27.2. The SMILES string of the molecule is C1=Cc2ccc3c(c2CC1)c1c2ccccc2ccc1n3-c1cccc(C2=CC(c3ccc4ccccc4c3)NC(c3cccc(-c4ccccc4)c3)=C2)c1. The molecule has 1 aliphatic heterocycles. The molecule has 0 fully saturated rings. The smallest absolute Gasteiger partial charge is 0.0707 e. The van der Waals surface area contributed by atoms with Crippen LogP contribution >= 0.6 is 0 Å².